The van der Waals surface area contributed by atoms with E-state index in [2.05, 4.69) is 51.4 Å². The van der Waals surface area contributed by atoms with Gasteiger partial charge in [-0.2, -0.15) is 77.5 Å². The highest BCUT2D eigenvalue weighted by atomic mass is 32.2. The van der Waals surface area contributed by atoms with E-state index in [1.165, 1.54) is 72.8 Å². The number of ether oxygens (including phenoxy) is 1. The van der Waals surface area contributed by atoms with E-state index in [0.29, 0.717) is 11.8 Å². The first-order chi connectivity index (χ1) is 31.2. The fourth-order valence-electron chi connectivity index (χ4n) is 5.55. The second-order valence-corrected chi connectivity index (χ2v) is 21.3. The molecule has 5 aromatic carbocycles. The molecular weight excluding hydrogens is 989 g/mol. The standard InChI is InChI=1S/C36H34N10O16S5/c1-21(64(50,51)52)37-34-40-35(38-23-6-8-24(9-7-23)43-45-26-10-12-30-22(16-26)17-29(66(56,57)58)20-33(30)67(59,60)61)42-36(41-34)39-31-13-11-27(19-32(31)62-14-3-15-63(47,48)49)46-44-25-4-2-5-28(18-25)65(53,54)55/h2,4-13,16-21H,3,14-15H2,1H3,(H,47,48,49)(H,50,51,52)(H,53,54,55)(H,56,57,58)(H,59,60,61)(H3,37,38,39,40,41,42). The summed E-state index contributed by atoms with van der Waals surface area (Å²) in [6.07, 6.45) is -0.154. The number of fused-ring (bicyclic) bond motifs is 1. The average molecular weight is 1020 g/mol. The van der Waals surface area contributed by atoms with Crippen molar-refractivity contribution >= 4 is 113 Å². The van der Waals surface area contributed by atoms with Gasteiger partial charge in [-0.25, -0.2) is 0 Å². The van der Waals surface area contributed by atoms with Gasteiger partial charge in [0.05, 0.1) is 50.6 Å². The number of nitrogens with one attached hydrogen (secondary N) is 3. The van der Waals surface area contributed by atoms with Crippen molar-refractivity contribution in [2.45, 2.75) is 33.4 Å². The zero-order valence-corrected chi connectivity index (χ0v) is 37.9. The molecule has 1 unspecified atom stereocenters. The van der Waals surface area contributed by atoms with Crippen LogP contribution in [0.1, 0.15) is 13.3 Å². The Hall–Kier alpha value is -6.68. The molecule has 31 heteroatoms. The highest BCUT2D eigenvalue weighted by molar-refractivity contribution is 7.87. The first-order valence-electron chi connectivity index (χ1n) is 18.5. The quantitative estimate of drug-likeness (QED) is 0.0247. The maximum absolute atomic E-state index is 12.0. The molecule has 1 aromatic heterocycles. The summed E-state index contributed by atoms with van der Waals surface area (Å²) in [7, 11) is -23.3. The molecule has 0 spiro atoms. The van der Waals surface area contributed by atoms with Crippen molar-refractivity contribution in [2.24, 2.45) is 20.5 Å². The lowest BCUT2D eigenvalue weighted by Gasteiger charge is -2.16. The third kappa shape index (κ3) is 14.2. The largest absolute Gasteiger partial charge is 0.491 e. The van der Waals surface area contributed by atoms with Gasteiger partial charge in [0, 0.05) is 17.1 Å². The Morgan fingerprint density at radius 2 is 1.15 bits per heavy atom. The first kappa shape index (κ1) is 49.7. The minimum absolute atomic E-state index is 0.00676. The van der Waals surface area contributed by atoms with Gasteiger partial charge in [0.2, 0.25) is 17.8 Å². The van der Waals surface area contributed by atoms with Crippen molar-refractivity contribution in [1.29, 1.82) is 0 Å². The lowest BCUT2D eigenvalue weighted by molar-refractivity contribution is 0.317. The van der Waals surface area contributed by atoms with Crippen LogP contribution < -0.4 is 20.7 Å². The van der Waals surface area contributed by atoms with E-state index < -0.39 is 76.4 Å². The van der Waals surface area contributed by atoms with E-state index in [9.17, 15) is 64.9 Å². The Labute approximate surface area is 381 Å². The summed E-state index contributed by atoms with van der Waals surface area (Å²) >= 11 is 0. The summed E-state index contributed by atoms with van der Waals surface area (Å²) < 4.78 is 170. The second-order valence-electron chi connectivity index (χ2n) is 13.7. The van der Waals surface area contributed by atoms with E-state index in [1.807, 2.05) is 0 Å². The van der Waals surface area contributed by atoms with Crippen molar-refractivity contribution < 1.29 is 69.6 Å². The van der Waals surface area contributed by atoms with Crippen molar-refractivity contribution in [2.75, 3.05) is 28.3 Å². The Bertz CT molecular complexity index is 3510. The molecule has 6 rings (SSSR count). The van der Waals surface area contributed by atoms with Crippen LogP contribution >= 0.6 is 0 Å². The molecular formula is C36H34N10O16S5. The van der Waals surface area contributed by atoms with Crippen LogP contribution in [-0.4, -0.2) is 97.5 Å². The molecule has 6 aromatic rings. The van der Waals surface area contributed by atoms with E-state index in [-0.39, 0.29) is 75.8 Å². The SMILES string of the molecule is CC(Nc1nc(Nc2ccc(N=Nc3ccc4c(S(=O)(=O)O)cc(S(=O)(=O)O)cc4c3)cc2)nc(Nc2ccc(N=Nc3cccc(S(=O)(=O)O)c3)cc2OCCCS(=O)(=O)O)n1)S(=O)(=O)O. The summed E-state index contributed by atoms with van der Waals surface area (Å²) in [6, 6.07) is 20.7. The van der Waals surface area contributed by atoms with Crippen LogP contribution in [0.4, 0.5) is 52.0 Å². The maximum Gasteiger partial charge on any atom is 0.295 e. The minimum atomic E-state index is -4.90. The number of aromatic nitrogens is 3. The van der Waals surface area contributed by atoms with Crippen LogP contribution in [0, 0.1) is 0 Å². The molecule has 0 amide bonds. The van der Waals surface area contributed by atoms with Crippen LogP contribution in [0.5, 0.6) is 5.75 Å². The Balaban J connectivity index is 1.27. The molecule has 1 atom stereocenters. The topological polar surface area (TPSA) is 405 Å². The smallest absolute Gasteiger partial charge is 0.295 e. The Morgan fingerprint density at radius 3 is 1.76 bits per heavy atom. The molecule has 0 aliphatic heterocycles. The zero-order chi connectivity index (χ0) is 49.0. The molecule has 0 aliphatic rings. The maximum atomic E-state index is 12.0. The molecule has 1 heterocycles. The molecule has 354 valence electrons. The number of nitrogens with zero attached hydrogens (tertiary/aromatic N) is 7. The van der Waals surface area contributed by atoms with E-state index in [0.717, 1.165) is 25.1 Å². The zero-order valence-electron chi connectivity index (χ0n) is 33.8. The minimum Gasteiger partial charge on any atom is -0.491 e. The molecule has 26 nitrogen and oxygen atoms in total. The molecule has 0 radical (unpaired) electrons. The van der Waals surface area contributed by atoms with Crippen LogP contribution in [-0.2, 0) is 50.6 Å². The normalized spacial score (nSPS) is 13.2. The lowest BCUT2D eigenvalue weighted by Crippen LogP contribution is -2.27. The van der Waals surface area contributed by atoms with Gasteiger partial charge in [-0.3, -0.25) is 22.8 Å². The Kier molecular flexibility index (Phi) is 14.6. The van der Waals surface area contributed by atoms with Crippen LogP contribution in [0.25, 0.3) is 10.8 Å². The number of rotatable bonds is 19. The Morgan fingerprint density at radius 1 is 0.582 bits per heavy atom. The first-order valence-corrected chi connectivity index (χ1v) is 25.9. The molecule has 0 saturated heterocycles. The summed E-state index contributed by atoms with van der Waals surface area (Å²) in [4.78, 5) is 10.7. The average Bonchev–Trinajstić information content (AvgIpc) is 3.22. The highest BCUT2D eigenvalue weighted by Crippen LogP contribution is 2.34. The number of hydrogen-bond donors (Lipinski definition) is 8. The monoisotopic (exact) mass is 1020 g/mol. The van der Waals surface area contributed by atoms with Gasteiger partial charge in [-0.1, -0.05) is 12.1 Å². The number of benzene rings is 5. The predicted octanol–water partition coefficient (Wildman–Crippen LogP) is 6.39. The molecule has 0 saturated carbocycles. The molecule has 0 fully saturated rings. The molecule has 0 bridgehead atoms. The van der Waals surface area contributed by atoms with Crippen molar-refractivity contribution in [3.63, 3.8) is 0 Å². The number of hydrogen-bond acceptors (Lipinski definition) is 21. The van der Waals surface area contributed by atoms with Gasteiger partial charge in [0.15, 0.2) is 5.37 Å². The summed E-state index contributed by atoms with van der Waals surface area (Å²) in [5, 5.41) is 22.8. The highest BCUT2D eigenvalue weighted by Gasteiger charge is 2.22. The van der Waals surface area contributed by atoms with Gasteiger partial charge >= 0.3 is 0 Å². The van der Waals surface area contributed by atoms with Crippen LogP contribution in [0.15, 0.2) is 132 Å². The van der Waals surface area contributed by atoms with Crippen molar-refractivity contribution in [3.05, 3.63) is 97.1 Å². The van der Waals surface area contributed by atoms with Gasteiger partial charge < -0.3 is 20.7 Å². The summed E-state index contributed by atoms with van der Waals surface area (Å²) in [5.74, 6) is -1.41. The molecule has 8 N–H and O–H groups in total. The van der Waals surface area contributed by atoms with Crippen molar-refractivity contribution in [3.8, 4) is 5.75 Å². The lowest BCUT2D eigenvalue weighted by atomic mass is 10.1. The van der Waals surface area contributed by atoms with E-state index >= 15 is 0 Å². The van der Waals surface area contributed by atoms with Crippen molar-refractivity contribution in [1.82, 2.24) is 15.0 Å². The summed E-state index contributed by atoms with van der Waals surface area (Å²) in [5.41, 5.74) is 1.06. The summed E-state index contributed by atoms with van der Waals surface area (Å²) in [6.45, 7) is 0.866. The fraction of sp³-hybridized carbons (Fsp3) is 0.139. The molecule has 67 heavy (non-hydrogen) atoms. The van der Waals surface area contributed by atoms with E-state index in [1.54, 1.807) is 0 Å². The fourth-order valence-corrected chi connectivity index (χ4v) is 8.16. The number of azo groups is 2. The number of anilines is 5. The van der Waals surface area contributed by atoms with Gasteiger partial charge in [0.1, 0.15) is 10.6 Å². The van der Waals surface area contributed by atoms with Gasteiger partial charge in [-0.05, 0) is 97.6 Å². The van der Waals surface area contributed by atoms with Gasteiger partial charge in [-0.15, -0.1) is 0 Å². The third-order valence-corrected chi connectivity index (χ3v) is 13.1. The second kappa shape index (κ2) is 19.7. The predicted molar refractivity (Wildman–Crippen MR) is 239 cm³/mol. The van der Waals surface area contributed by atoms with Crippen LogP contribution in [0.3, 0.4) is 0 Å². The van der Waals surface area contributed by atoms with Crippen LogP contribution in [0.2, 0.25) is 0 Å². The van der Waals surface area contributed by atoms with E-state index in [4.69, 9.17) is 4.74 Å². The molecule has 0 aliphatic carbocycles. The van der Waals surface area contributed by atoms with Gasteiger partial charge in [0.25, 0.3) is 50.6 Å². The third-order valence-electron chi connectivity index (χ3n) is 8.68.